The van der Waals surface area contributed by atoms with Crippen LogP contribution in [0.4, 0.5) is 0 Å². The number of hydrogen-bond donors (Lipinski definition) is 1. The van der Waals surface area contributed by atoms with Crippen molar-refractivity contribution < 1.29 is 9.94 Å². The molecule has 0 heterocycles. The quantitative estimate of drug-likeness (QED) is 0.550. The van der Waals surface area contributed by atoms with Gasteiger partial charge >= 0.3 is 0 Å². The molecule has 50 valence electrons. The zero-order chi connectivity index (χ0) is 6.41. The van der Waals surface area contributed by atoms with E-state index in [1.165, 1.54) is 0 Å². The number of rotatable bonds is 4. The Bertz CT molecular complexity index is 66.8. The first-order valence-corrected chi connectivity index (χ1v) is 4.44. The number of quaternary nitrogens is 1. The Morgan fingerprint density at radius 1 is 1.50 bits per heavy atom. The Morgan fingerprint density at radius 3 is 2.50 bits per heavy atom. The molecule has 8 heavy (non-hydrogen) atoms. The third kappa shape index (κ3) is 4.27. The minimum Gasteiger partial charge on any atom is -0.357 e. The lowest BCUT2D eigenvalue weighted by atomic mass is 10.6. The summed E-state index contributed by atoms with van der Waals surface area (Å²) in [6.45, 7) is 2.84. The Balaban J connectivity index is 3.06. The summed E-state index contributed by atoms with van der Waals surface area (Å²) in [5.74, 6) is 1.61. The maximum absolute atomic E-state index is 10.7. The van der Waals surface area contributed by atoms with E-state index >= 15 is 0 Å². The molecule has 0 aromatic heterocycles. The van der Waals surface area contributed by atoms with Crippen molar-refractivity contribution in [3.63, 3.8) is 0 Å². The topological polar surface area (TPSA) is 44.7 Å². The Kier molecular flexibility index (Phi) is 5.32. The summed E-state index contributed by atoms with van der Waals surface area (Å²) in [6, 6.07) is 0. The van der Waals surface area contributed by atoms with Crippen molar-refractivity contribution in [3.8, 4) is 0 Å². The van der Waals surface area contributed by atoms with Crippen LogP contribution < -0.4 is 5.73 Å². The summed E-state index contributed by atoms with van der Waals surface area (Å²) in [5, 5.41) is 0. The molecule has 0 spiro atoms. The van der Waals surface area contributed by atoms with Crippen LogP contribution in [0.5, 0.6) is 0 Å². The molecule has 1 atom stereocenters. The smallest absolute Gasteiger partial charge is 0.0857 e. The largest absolute Gasteiger partial charge is 0.357 e. The fourth-order valence-electron chi connectivity index (χ4n) is 0.491. The fraction of sp³-hybridized carbons (Fsp3) is 1.00. The first kappa shape index (κ1) is 8.11. The van der Waals surface area contributed by atoms with Crippen LogP contribution in [0.15, 0.2) is 0 Å². The van der Waals surface area contributed by atoms with E-state index in [-0.39, 0.29) is 0 Å². The van der Waals surface area contributed by atoms with E-state index in [0.29, 0.717) is 0 Å². The van der Waals surface area contributed by atoms with Gasteiger partial charge in [0.1, 0.15) is 0 Å². The molecule has 0 aliphatic carbocycles. The molecule has 0 saturated heterocycles. The zero-order valence-electron chi connectivity index (χ0n) is 5.35. The normalized spacial score (nSPS) is 13.8. The highest BCUT2D eigenvalue weighted by Gasteiger charge is 1.94. The summed E-state index contributed by atoms with van der Waals surface area (Å²) in [6.07, 6.45) is 1.02. The van der Waals surface area contributed by atoms with Crippen molar-refractivity contribution in [1.29, 1.82) is 0 Å². The lowest BCUT2D eigenvalue weighted by Crippen LogP contribution is -2.52. The molecular formula is C5H14NOS+. The van der Waals surface area contributed by atoms with E-state index < -0.39 is 10.8 Å². The Labute approximate surface area is 52.9 Å². The van der Waals surface area contributed by atoms with Crippen LogP contribution in [0.2, 0.25) is 0 Å². The average Bonchev–Trinajstić information content (AvgIpc) is 1.68. The molecule has 3 heteroatoms. The first-order chi connectivity index (χ1) is 3.81. The van der Waals surface area contributed by atoms with Crippen LogP contribution in [0, 0.1) is 0 Å². The molecule has 0 aromatic carbocycles. The average molecular weight is 136 g/mol. The van der Waals surface area contributed by atoms with Crippen molar-refractivity contribution in [2.45, 2.75) is 13.3 Å². The Hall–Kier alpha value is 0.110. The predicted octanol–water partition coefficient (Wildman–Crippen LogP) is -0.613. The molecule has 0 rings (SSSR count). The van der Waals surface area contributed by atoms with Gasteiger partial charge in [-0.05, 0) is 6.42 Å². The zero-order valence-corrected chi connectivity index (χ0v) is 6.17. The molecule has 3 N–H and O–H groups in total. The van der Waals surface area contributed by atoms with Crippen molar-refractivity contribution in [2.75, 3.05) is 18.1 Å². The molecule has 0 saturated carbocycles. The van der Waals surface area contributed by atoms with Crippen LogP contribution in [0.3, 0.4) is 0 Å². The lowest BCUT2D eigenvalue weighted by molar-refractivity contribution is -0.360. The SMILES string of the molecule is CCCS(=O)CC[NH3+]. The maximum Gasteiger partial charge on any atom is 0.0857 e. The molecule has 0 radical (unpaired) electrons. The first-order valence-electron chi connectivity index (χ1n) is 2.95. The van der Waals surface area contributed by atoms with Crippen LogP contribution in [-0.4, -0.2) is 22.3 Å². The van der Waals surface area contributed by atoms with Gasteiger partial charge in [0.2, 0.25) is 0 Å². The minimum absolute atomic E-state index is 0.583. The highest BCUT2D eigenvalue weighted by Crippen LogP contribution is 1.83. The molecule has 0 aliphatic rings. The van der Waals surface area contributed by atoms with Crippen LogP contribution in [-0.2, 0) is 10.8 Å². The van der Waals surface area contributed by atoms with Crippen molar-refractivity contribution in [1.82, 2.24) is 0 Å². The van der Waals surface area contributed by atoms with Gasteiger partial charge in [-0.25, -0.2) is 0 Å². The van der Waals surface area contributed by atoms with E-state index in [9.17, 15) is 4.21 Å². The highest BCUT2D eigenvalue weighted by atomic mass is 32.2. The van der Waals surface area contributed by atoms with Gasteiger partial charge in [-0.1, -0.05) is 6.92 Å². The fourth-order valence-corrected chi connectivity index (χ4v) is 1.47. The van der Waals surface area contributed by atoms with E-state index in [0.717, 1.165) is 24.5 Å². The third-order valence-electron chi connectivity index (χ3n) is 0.804. The minimum atomic E-state index is -0.583. The van der Waals surface area contributed by atoms with Crippen LogP contribution in [0.1, 0.15) is 13.3 Å². The third-order valence-corrected chi connectivity index (χ3v) is 2.41. The second-order valence-electron chi connectivity index (χ2n) is 1.70. The van der Waals surface area contributed by atoms with Crippen molar-refractivity contribution >= 4 is 10.8 Å². The highest BCUT2D eigenvalue weighted by molar-refractivity contribution is 7.84. The van der Waals surface area contributed by atoms with Crippen molar-refractivity contribution in [2.24, 2.45) is 0 Å². The summed E-state index contributed by atoms with van der Waals surface area (Å²) in [5.41, 5.74) is 3.61. The standard InChI is InChI=1S/C5H13NOS/c1-2-4-8(7)5-3-6/h2-6H2,1H3/p+1. The van der Waals surface area contributed by atoms with Gasteiger partial charge in [0.15, 0.2) is 0 Å². The molecule has 1 unspecified atom stereocenters. The molecule has 0 bridgehead atoms. The molecule has 0 fully saturated rings. The summed E-state index contributed by atoms with van der Waals surface area (Å²) >= 11 is 0. The number of hydrogen-bond acceptors (Lipinski definition) is 1. The van der Waals surface area contributed by atoms with E-state index in [2.05, 4.69) is 5.73 Å². The lowest BCUT2D eigenvalue weighted by Gasteiger charge is -1.91. The molecule has 0 amide bonds. The molecule has 0 aromatic rings. The van der Waals surface area contributed by atoms with Gasteiger partial charge in [-0.2, -0.15) is 0 Å². The van der Waals surface area contributed by atoms with Gasteiger partial charge < -0.3 is 5.73 Å². The predicted molar refractivity (Wildman–Crippen MR) is 35.9 cm³/mol. The second kappa shape index (κ2) is 5.25. The van der Waals surface area contributed by atoms with E-state index in [4.69, 9.17) is 0 Å². The summed E-state index contributed by atoms with van der Waals surface area (Å²) < 4.78 is 10.7. The molecular weight excluding hydrogens is 122 g/mol. The maximum atomic E-state index is 10.7. The summed E-state index contributed by atoms with van der Waals surface area (Å²) in [4.78, 5) is 0. The molecule has 2 nitrogen and oxygen atoms in total. The summed E-state index contributed by atoms with van der Waals surface area (Å²) in [7, 11) is -0.583. The van der Waals surface area contributed by atoms with Gasteiger partial charge in [0.25, 0.3) is 0 Å². The Morgan fingerprint density at radius 2 is 2.12 bits per heavy atom. The van der Waals surface area contributed by atoms with E-state index in [1.807, 2.05) is 6.92 Å². The van der Waals surface area contributed by atoms with Gasteiger partial charge in [0.05, 0.1) is 12.3 Å². The van der Waals surface area contributed by atoms with Crippen molar-refractivity contribution in [3.05, 3.63) is 0 Å². The monoisotopic (exact) mass is 136 g/mol. The van der Waals surface area contributed by atoms with Gasteiger partial charge in [0, 0.05) is 16.6 Å². The second-order valence-corrected chi connectivity index (χ2v) is 3.40. The molecule has 0 aliphatic heterocycles. The van der Waals surface area contributed by atoms with Gasteiger partial charge in [-0.15, -0.1) is 0 Å². The van der Waals surface area contributed by atoms with Gasteiger partial charge in [-0.3, -0.25) is 4.21 Å². The van der Waals surface area contributed by atoms with Crippen LogP contribution in [0.25, 0.3) is 0 Å². The van der Waals surface area contributed by atoms with E-state index in [1.54, 1.807) is 0 Å². The van der Waals surface area contributed by atoms with Crippen LogP contribution >= 0.6 is 0 Å².